The molecule has 3 aromatic carbocycles. The van der Waals surface area contributed by atoms with Gasteiger partial charge in [-0.1, -0.05) is 42.8 Å². The molecule has 1 aliphatic heterocycles. The Bertz CT molecular complexity index is 1460. The number of barbiturate groups is 1. The van der Waals surface area contributed by atoms with Gasteiger partial charge < -0.3 is 19.5 Å². The summed E-state index contributed by atoms with van der Waals surface area (Å²) in [6.07, 6.45) is 2.11. The summed E-state index contributed by atoms with van der Waals surface area (Å²) in [6, 6.07) is 17.7. The molecule has 0 saturated carbocycles. The highest BCUT2D eigenvalue weighted by atomic mass is 16.5. The number of methoxy groups -OCH3 is 1. The van der Waals surface area contributed by atoms with E-state index in [1.807, 2.05) is 26.0 Å². The summed E-state index contributed by atoms with van der Waals surface area (Å²) in [4.78, 5) is 52.1. The molecule has 4 rings (SSSR count). The molecule has 0 unspecified atom stereocenters. The molecule has 0 radical (unpaired) electrons. The van der Waals surface area contributed by atoms with Crippen LogP contribution in [0.5, 0.6) is 17.2 Å². The number of hydrogen-bond donors (Lipinski definition) is 2. The van der Waals surface area contributed by atoms with E-state index in [0.29, 0.717) is 29.4 Å². The van der Waals surface area contributed by atoms with E-state index in [1.54, 1.807) is 42.5 Å². The molecule has 0 aromatic heterocycles. The minimum atomic E-state index is -0.895. The van der Waals surface area contributed by atoms with E-state index in [2.05, 4.69) is 10.6 Å². The quantitative estimate of drug-likeness (QED) is 0.286. The molecule has 0 bridgehead atoms. The molecule has 0 atom stereocenters. The van der Waals surface area contributed by atoms with Crippen LogP contribution in [0.3, 0.4) is 0 Å². The van der Waals surface area contributed by atoms with Crippen LogP contribution in [0.4, 0.5) is 16.2 Å². The fraction of sp³-hybridized carbons (Fsp3) is 0.200. The third-order valence-corrected chi connectivity index (χ3v) is 5.88. The third-order valence-electron chi connectivity index (χ3n) is 5.88. The van der Waals surface area contributed by atoms with Gasteiger partial charge in [0.1, 0.15) is 11.3 Å². The summed E-state index contributed by atoms with van der Waals surface area (Å²) in [5.74, 6) is -0.996. The largest absolute Gasteiger partial charge is 0.493 e. The standard InChI is InChI=1S/C30H29N3O7/c1-4-15-39-25-14-13-22(17-26(25)38-3)33-29(36)23(28(35)32-30(33)37)16-20-7-5-6-8-24(20)40-18-27(34)31-21-11-9-19(2)10-12-21/h5-14,16-17H,4,15,18H2,1-3H3,(H,31,34)(H,32,35,37)/b23-16+. The Hall–Kier alpha value is -5.12. The highest BCUT2D eigenvalue weighted by Gasteiger charge is 2.37. The van der Waals surface area contributed by atoms with Crippen LogP contribution in [0.25, 0.3) is 6.08 Å². The molecule has 0 spiro atoms. The van der Waals surface area contributed by atoms with Gasteiger partial charge in [0, 0.05) is 17.3 Å². The maximum absolute atomic E-state index is 13.4. The number of urea groups is 1. The molecule has 2 N–H and O–H groups in total. The molecule has 10 nitrogen and oxygen atoms in total. The minimum absolute atomic E-state index is 0.193. The lowest BCUT2D eigenvalue weighted by molar-refractivity contribution is -0.122. The van der Waals surface area contributed by atoms with Gasteiger partial charge in [0.2, 0.25) is 0 Å². The zero-order chi connectivity index (χ0) is 28.6. The molecule has 1 fully saturated rings. The van der Waals surface area contributed by atoms with Crippen LogP contribution < -0.4 is 29.7 Å². The summed E-state index contributed by atoms with van der Waals surface area (Å²) in [5.41, 5.74) is 1.98. The van der Waals surface area contributed by atoms with Gasteiger partial charge in [-0.05, 0) is 49.8 Å². The van der Waals surface area contributed by atoms with Crippen molar-refractivity contribution in [3.05, 3.63) is 83.4 Å². The van der Waals surface area contributed by atoms with Crippen molar-refractivity contribution in [2.45, 2.75) is 20.3 Å². The number of para-hydroxylation sites is 1. The normalized spacial score (nSPS) is 14.1. The molecule has 10 heteroatoms. The Morgan fingerprint density at radius 3 is 2.42 bits per heavy atom. The van der Waals surface area contributed by atoms with E-state index in [0.717, 1.165) is 16.9 Å². The molecule has 1 saturated heterocycles. The molecule has 1 aliphatic rings. The summed E-state index contributed by atoms with van der Waals surface area (Å²) >= 11 is 0. The van der Waals surface area contributed by atoms with Crippen molar-refractivity contribution in [1.82, 2.24) is 5.32 Å². The van der Waals surface area contributed by atoms with Gasteiger partial charge in [0.15, 0.2) is 18.1 Å². The van der Waals surface area contributed by atoms with E-state index in [-0.39, 0.29) is 29.5 Å². The summed E-state index contributed by atoms with van der Waals surface area (Å²) in [6.45, 7) is 4.08. The Morgan fingerprint density at radius 2 is 1.70 bits per heavy atom. The summed E-state index contributed by atoms with van der Waals surface area (Å²) < 4.78 is 16.7. The van der Waals surface area contributed by atoms with Crippen LogP contribution in [-0.4, -0.2) is 44.1 Å². The first-order valence-corrected chi connectivity index (χ1v) is 12.6. The molecular formula is C30H29N3O7. The number of nitrogens with zero attached hydrogens (tertiary/aromatic N) is 1. The van der Waals surface area contributed by atoms with Crippen LogP contribution >= 0.6 is 0 Å². The van der Waals surface area contributed by atoms with Crippen LogP contribution in [0.2, 0.25) is 0 Å². The Kier molecular flexibility index (Phi) is 8.80. The van der Waals surface area contributed by atoms with Gasteiger partial charge in [-0.15, -0.1) is 0 Å². The predicted octanol–water partition coefficient (Wildman–Crippen LogP) is 4.48. The lowest BCUT2D eigenvalue weighted by Crippen LogP contribution is -2.54. The number of benzene rings is 3. The molecule has 1 heterocycles. The number of rotatable bonds is 10. The second-order valence-corrected chi connectivity index (χ2v) is 8.88. The highest BCUT2D eigenvalue weighted by molar-refractivity contribution is 6.39. The van der Waals surface area contributed by atoms with E-state index >= 15 is 0 Å². The zero-order valence-corrected chi connectivity index (χ0v) is 22.4. The van der Waals surface area contributed by atoms with Crippen molar-refractivity contribution in [3.8, 4) is 17.2 Å². The number of imide groups is 2. The van der Waals surface area contributed by atoms with Crippen molar-refractivity contribution in [3.63, 3.8) is 0 Å². The van der Waals surface area contributed by atoms with Gasteiger partial charge in [-0.3, -0.25) is 19.7 Å². The molecule has 40 heavy (non-hydrogen) atoms. The molecule has 3 aromatic rings. The SMILES string of the molecule is CCCOc1ccc(N2C(=O)NC(=O)/C(=C\c3ccccc3OCC(=O)Nc3ccc(C)cc3)C2=O)cc1OC. The summed E-state index contributed by atoms with van der Waals surface area (Å²) in [7, 11) is 1.45. The molecule has 0 aliphatic carbocycles. The van der Waals surface area contributed by atoms with Crippen molar-refractivity contribution < 1.29 is 33.4 Å². The predicted molar refractivity (Wildman–Crippen MR) is 150 cm³/mol. The van der Waals surface area contributed by atoms with Gasteiger partial charge in [-0.25, -0.2) is 9.69 Å². The topological polar surface area (TPSA) is 123 Å². The van der Waals surface area contributed by atoms with Crippen molar-refractivity contribution >= 4 is 41.2 Å². The van der Waals surface area contributed by atoms with E-state index < -0.39 is 17.8 Å². The van der Waals surface area contributed by atoms with Gasteiger partial charge in [-0.2, -0.15) is 0 Å². The van der Waals surface area contributed by atoms with Gasteiger partial charge in [0.05, 0.1) is 19.4 Å². The summed E-state index contributed by atoms with van der Waals surface area (Å²) in [5, 5.41) is 4.94. The second kappa shape index (κ2) is 12.6. The number of hydrogen-bond acceptors (Lipinski definition) is 7. The zero-order valence-electron chi connectivity index (χ0n) is 22.4. The number of carbonyl (C=O) groups is 4. The highest BCUT2D eigenvalue weighted by Crippen LogP contribution is 2.33. The van der Waals surface area contributed by atoms with Gasteiger partial charge in [0.25, 0.3) is 17.7 Å². The molecule has 5 amide bonds. The van der Waals surface area contributed by atoms with Gasteiger partial charge >= 0.3 is 6.03 Å². The number of amides is 5. The minimum Gasteiger partial charge on any atom is -0.493 e. The smallest absolute Gasteiger partial charge is 0.335 e. The van der Waals surface area contributed by atoms with E-state index in [4.69, 9.17) is 14.2 Å². The molecule has 206 valence electrons. The maximum atomic E-state index is 13.4. The lowest BCUT2D eigenvalue weighted by atomic mass is 10.1. The Balaban J connectivity index is 1.55. The fourth-order valence-electron chi connectivity index (χ4n) is 3.88. The van der Waals surface area contributed by atoms with Crippen LogP contribution in [0.15, 0.2) is 72.3 Å². The third kappa shape index (κ3) is 6.47. The van der Waals surface area contributed by atoms with Crippen molar-refractivity contribution in [2.24, 2.45) is 0 Å². The number of anilines is 2. The van der Waals surface area contributed by atoms with Crippen molar-refractivity contribution in [1.29, 1.82) is 0 Å². The average molecular weight is 544 g/mol. The lowest BCUT2D eigenvalue weighted by Gasteiger charge is -2.27. The Labute approximate surface area is 231 Å². The Morgan fingerprint density at radius 1 is 0.950 bits per heavy atom. The maximum Gasteiger partial charge on any atom is 0.335 e. The number of carbonyl (C=O) groups excluding carboxylic acids is 4. The monoisotopic (exact) mass is 543 g/mol. The number of nitrogens with one attached hydrogen (secondary N) is 2. The number of ether oxygens (including phenoxy) is 3. The average Bonchev–Trinajstić information content (AvgIpc) is 2.95. The first kappa shape index (κ1) is 27.9. The molecular weight excluding hydrogens is 514 g/mol. The van der Waals surface area contributed by atoms with Crippen LogP contribution in [-0.2, 0) is 14.4 Å². The second-order valence-electron chi connectivity index (χ2n) is 8.88. The first-order valence-electron chi connectivity index (χ1n) is 12.6. The van der Waals surface area contributed by atoms with E-state index in [1.165, 1.54) is 25.3 Å². The fourth-order valence-corrected chi connectivity index (χ4v) is 3.88. The van der Waals surface area contributed by atoms with E-state index in [9.17, 15) is 19.2 Å². The first-order chi connectivity index (χ1) is 19.3. The number of aryl methyl sites for hydroxylation is 1. The van der Waals surface area contributed by atoms with Crippen molar-refractivity contribution in [2.75, 3.05) is 30.5 Å². The van der Waals surface area contributed by atoms with Crippen LogP contribution in [0, 0.1) is 6.92 Å². The van der Waals surface area contributed by atoms with Crippen LogP contribution in [0.1, 0.15) is 24.5 Å².